The number of nitrogens with zero attached hydrogens (tertiary/aromatic N) is 3. The standard InChI is InChI=1S/C36H41F3N6O5/c1-20-5-4-6-25(32(46)40-2)29(20)43-31-26(36(37,38)39)19-41-34(44-31)42-27-8-7-24(15-28(27)48-3)50-30-22-13-21-14-23(30)18-35(16-21,17-22)33(47)45-9-11-49-12-10-45/h4-8,15,19,21-23,30H,9-14,16-18H2,1-3H3,(H,40,46)(H2,41,42,43,44). The number of nitrogens with one attached hydrogen (secondary N) is 3. The number of carbonyl (C=O) groups excluding carboxylic acids is 2. The molecule has 5 aliphatic rings. The summed E-state index contributed by atoms with van der Waals surface area (Å²) < 4.78 is 60.0. The van der Waals surface area contributed by atoms with Crippen LogP contribution in [0.5, 0.6) is 11.5 Å². The van der Waals surface area contributed by atoms with Crippen molar-refractivity contribution in [3.05, 3.63) is 59.3 Å². The van der Waals surface area contributed by atoms with E-state index in [0.29, 0.717) is 61.2 Å². The molecule has 1 saturated heterocycles. The van der Waals surface area contributed by atoms with Crippen molar-refractivity contribution < 1.29 is 37.0 Å². The molecule has 8 rings (SSSR count). The maximum Gasteiger partial charge on any atom is 0.421 e. The Labute approximate surface area is 288 Å². The number of methoxy groups -OCH3 is 1. The van der Waals surface area contributed by atoms with Gasteiger partial charge in [-0.05, 0) is 80.5 Å². The van der Waals surface area contributed by atoms with Gasteiger partial charge < -0.3 is 35.1 Å². The zero-order chi connectivity index (χ0) is 35.2. The molecule has 1 aliphatic heterocycles. The van der Waals surface area contributed by atoms with Crippen molar-refractivity contribution in [3.63, 3.8) is 0 Å². The molecule has 14 heteroatoms. The molecule has 0 spiro atoms. The van der Waals surface area contributed by atoms with Crippen LogP contribution < -0.4 is 25.4 Å². The van der Waals surface area contributed by atoms with Crippen LogP contribution in [-0.4, -0.2) is 73.2 Å². The quantitative estimate of drug-likeness (QED) is 0.244. The van der Waals surface area contributed by atoms with Gasteiger partial charge in [-0.3, -0.25) is 9.59 Å². The van der Waals surface area contributed by atoms with E-state index < -0.39 is 23.5 Å². The molecule has 2 aromatic carbocycles. The van der Waals surface area contributed by atoms with Gasteiger partial charge in [0.1, 0.15) is 29.0 Å². The summed E-state index contributed by atoms with van der Waals surface area (Å²) in [6.45, 7) is 4.17. The lowest BCUT2D eigenvalue weighted by atomic mass is 9.48. The Morgan fingerprint density at radius 1 is 1.04 bits per heavy atom. The Morgan fingerprint density at radius 2 is 1.78 bits per heavy atom. The van der Waals surface area contributed by atoms with E-state index >= 15 is 0 Å². The predicted octanol–water partition coefficient (Wildman–Crippen LogP) is 6.09. The third-order valence-electron chi connectivity index (χ3n) is 10.7. The number of hydrogen-bond donors (Lipinski definition) is 3. The molecule has 3 N–H and O–H groups in total. The van der Waals surface area contributed by atoms with Crippen molar-refractivity contribution in [3.8, 4) is 11.5 Å². The Balaban J connectivity index is 1.10. The number of amides is 2. The van der Waals surface area contributed by atoms with Crippen molar-refractivity contribution in [2.24, 2.45) is 23.2 Å². The molecule has 0 radical (unpaired) electrons. The van der Waals surface area contributed by atoms with Gasteiger partial charge in [0.25, 0.3) is 5.91 Å². The lowest BCUT2D eigenvalue weighted by molar-refractivity contribution is -0.172. The predicted molar refractivity (Wildman–Crippen MR) is 179 cm³/mol. The van der Waals surface area contributed by atoms with Crippen molar-refractivity contribution >= 4 is 35.0 Å². The Kier molecular flexibility index (Phi) is 8.99. The number of anilines is 4. The van der Waals surface area contributed by atoms with E-state index in [4.69, 9.17) is 14.2 Å². The first-order valence-electron chi connectivity index (χ1n) is 17.0. The minimum absolute atomic E-state index is 0.0197. The third kappa shape index (κ3) is 6.40. The summed E-state index contributed by atoms with van der Waals surface area (Å²) in [5.41, 5.74) is -0.0481. The van der Waals surface area contributed by atoms with E-state index in [2.05, 4.69) is 25.9 Å². The summed E-state index contributed by atoms with van der Waals surface area (Å²) in [5, 5.41) is 8.23. The molecule has 2 atom stereocenters. The van der Waals surface area contributed by atoms with Crippen molar-refractivity contribution in [2.75, 3.05) is 51.1 Å². The number of carbonyl (C=O) groups is 2. The van der Waals surface area contributed by atoms with Crippen LogP contribution in [0.4, 0.5) is 36.3 Å². The minimum Gasteiger partial charge on any atom is -0.494 e. The fraction of sp³-hybridized carbons (Fsp3) is 0.500. The molecular formula is C36H41F3N6O5. The van der Waals surface area contributed by atoms with Gasteiger partial charge in [-0.25, -0.2) is 4.98 Å². The minimum atomic E-state index is -4.76. The second-order valence-corrected chi connectivity index (χ2v) is 13.9. The second-order valence-electron chi connectivity index (χ2n) is 13.9. The third-order valence-corrected chi connectivity index (χ3v) is 10.7. The number of ether oxygens (including phenoxy) is 3. The molecule has 2 amide bonds. The number of benzene rings is 2. The smallest absolute Gasteiger partial charge is 0.421 e. The molecule has 2 heterocycles. The maximum atomic E-state index is 14.1. The van der Waals surface area contributed by atoms with Crippen LogP contribution in [0.2, 0.25) is 0 Å². The van der Waals surface area contributed by atoms with Gasteiger partial charge in [0.15, 0.2) is 0 Å². The number of rotatable bonds is 9. The van der Waals surface area contributed by atoms with Gasteiger partial charge in [-0.2, -0.15) is 18.2 Å². The van der Waals surface area contributed by atoms with Gasteiger partial charge in [-0.1, -0.05) is 12.1 Å². The first-order chi connectivity index (χ1) is 24.0. The SMILES string of the molecule is CNC(=O)c1cccc(C)c1Nc1nc(Nc2ccc(OC3C4CC5CC3CC(C(=O)N3CCOCC3)(C5)C4)cc2OC)ncc1C(F)(F)F. The molecule has 50 heavy (non-hydrogen) atoms. The maximum absolute atomic E-state index is 14.1. The van der Waals surface area contributed by atoms with Crippen molar-refractivity contribution in [2.45, 2.75) is 51.3 Å². The van der Waals surface area contributed by atoms with E-state index in [9.17, 15) is 22.8 Å². The molecule has 4 aliphatic carbocycles. The van der Waals surface area contributed by atoms with Crippen molar-refractivity contribution in [1.29, 1.82) is 0 Å². The lowest BCUT2D eigenvalue weighted by Crippen LogP contribution is -2.61. The van der Waals surface area contributed by atoms with Crippen LogP contribution in [0.25, 0.3) is 0 Å². The highest BCUT2D eigenvalue weighted by Gasteiger charge is 2.60. The molecule has 4 bridgehead atoms. The first kappa shape index (κ1) is 33.9. The number of aromatic nitrogens is 2. The van der Waals surface area contributed by atoms with E-state index in [1.807, 2.05) is 4.90 Å². The van der Waals surface area contributed by atoms with E-state index in [-0.39, 0.29) is 46.5 Å². The van der Waals surface area contributed by atoms with Gasteiger partial charge >= 0.3 is 6.18 Å². The average Bonchev–Trinajstić information content (AvgIpc) is 3.10. The Bertz CT molecular complexity index is 1770. The van der Waals surface area contributed by atoms with E-state index in [1.165, 1.54) is 20.2 Å². The summed E-state index contributed by atoms with van der Waals surface area (Å²) in [5.74, 6) is 1.28. The molecule has 266 valence electrons. The van der Waals surface area contributed by atoms with Gasteiger partial charge in [0.2, 0.25) is 11.9 Å². The number of para-hydroxylation sites is 1. The molecule has 4 saturated carbocycles. The van der Waals surface area contributed by atoms with E-state index in [0.717, 1.165) is 32.1 Å². The molecule has 2 unspecified atom stereocenters. The first-order valence-corrected chi connectivity index (χ1v) is 17.0. The topological polar surface area (TPSA) is 127 Å². The fourth-order valence-corrected chi connectivity index (χ4v) is 8.68. The second kappa shape index (κ2) is 13.3. The molecule has 11 nitrogen and oxygen atoms in total. The monoisotopic (exact) mass is 694 g/mol. The van der Waals surface area contributed by atoms with Crippen LogP contribution >= 0.6 is 0 Å². The largest absolute Gasteiger partial charge is 0.494 e. The zero-order valence-electron chi connectivity index (χ0n) is 28.2. The van der Waals surface area contributed by atoms with Crippen molar-refractivity contribution in [1.82, 2.24) is 20.2 Å². The van der Waals surface area contributed by atoms with Crippen LogP contribution in [0, 0.1) is 30.1 Å². The lowest BCUT2D eigenvalue weighted by Gasteiger charge is -2.59. The number of morpholine rings is 1. The van der Waals surface area contributed by atoms with Gasteiger partial charge in [0.05, 0.1) is 42.7 Å². The fourth-order valence-electron chi connectivity index (χ4n) is 8.68. The number of aryl methyl sites for hydroxylation is 1. The summed E-state index contributed by atoms with van der Waals surface area (Å²) in [6, 6.07) is 10.1. The Morgan fingerprint density at radius 3 is 2.46 bits per heavy atom. The van der Waals surface area contributed by atoms with Crippen LogP contribution in [-0.2, 0) is 15.7 Å². The molecule has 3 aromatic rings. The van der Waals surface area contributed by atoms with Crippen LogP contribution in [0.1, 0.15) is 53.6 Å². The highest BCUT2D eigenvalue weighted by Crippen LogP contribution is 2.61. The molecular weight excluding hydrogens is 653 g/mol. The van der Waals surface area contributed by atoms with Crippen LogP contribution in [0.15, 0.2) is 42.6 Å². The summed E-state index contributed by atoms with van der Waals surface area (Å²) >= 11 is 0. The zero-order valence-corrected chi connectivity index (χ0v) is 28.2. The van der Waals surface area contributed by atoms with Gasteiger partial charge in [0, 0.05) is 32.4 Å². The van der Waals surface area contributed by atoms with Gasteiger partial charge in [-0.15, -0.1) is 0 Å². The number of halogens is 3. The highest BCUT2D eigenvalue weighted by molar-refractivity contribution is 6.01. The normalized spacial score (nSPS) is 25.6. The molecule has 5 fully saturated rings. The van der Waals surface area contributed by atoms with Crippen LogP contribution in [0.3, 0.4) is 0 Å². The summed E-state index contributed by atoms with van der Waals surface area (Å²) in [4.78, 5) is 36.4. The number of alkyl halides is 3. The average molecular weight is 695 g/mol. The summed E-state index contributed by atoms with van der Waals surface area (Å²) in [6.07, 6.45) is 0.617. The van der Waals surface area contributed by atoms with E-state index in [1.54, 1.807) is 37.3 Å². The summed E-state index contributed by atoms with van der Waals surface area (Å²) in [7, 11) is 2.94. The number of hydrogen-bond acceptors (Lipinski definition) is 9. The highest BCUT2D eigenvalue weighted by atomic mass is 19.4. The molecule has 1 aromatic heterocycles. The Hall–Kier alpha value is -4.59.